The van der Waals surface area contributed by atoms with Crippen LogP contribution in [0.15, 0.2) is 48.0 Å². The second-order valence-electron chi connectivity index (χ2n) is 7.23. The summed E-state index contributed by atoms with van der Waals surface area (Å²) >= 11 is 0. The Kier molecular flexibility index (Phi) is 6.82. The summed E-state index contributed by atoms with van der Waals surface area (Å²) in [6.07, 6.45) is 0.615. The predicted octanol–water partition coefficient (Wildman–Crippen LogP) is 3.46. The number of benzene rings is 2. The third-order valence-electron chi connectivity index (χ3n) is 5.10. The second kappa shape index (κ2) is 9.55. The Hall–Kier alpha value is -3.81. The molecule has 0 saturated carbocycles. The van der Waals surface area contributed by atoms with Gasteiger partial charge in [-0.1, -0.05) is 19.1 Å². The number of Topliss-reactive ketones (excluding diaryl/α,β-unsaturated/α-hetero) is 1. The minimum atomic E-state index is -0.835. The summed E-state index contributed by atoms with van der Waals surface area (Å²) in [5.74, 6) is -1.19. The van der Waals surface area contributed by atoms with Gasteiger partial charge in [0, 0.05) is 19.0 Å². The van der Waals surface area contributed by atoms with Crippen LogP contribution in [0.25, 0.3) is 5.76 Å². The minimum absolute atomic E-state index is 0.0457. The van der Waals surface area contributed by atoms with Gasteiger partial charge in [-0.3, -0.25) is 14.4 Å². The molecule has 8 heteroatoms. The Morgan fingerprint density at radius 2 is 1.78 bits per heavy atom. The number of carbonyl (C=O) groups is 3. The fraction of sp³-hybridized carbons (Fsp3) is 0.292. The Balaban J connectivity index is 2.18. The van der Waals surface area contributed by atoms with E-state index in [1.165, 1.54) is 32.1 Å². The van der Waals surface area contributed by atoms with Gasteiger partial charge >= 0.3 is 5.97 Å². The van der Waals surface area contributed by atoms with Gasteiger partial charge in [-0.05, 0) is 42.3 Å². The van der Waals surface area contributed by atoms with Crippen LogP contribution in [0, 0.1) is 0 Å². The lowest BCUT2D eigenvalue weighted by Gasteiger charge is -2.25. The van der Waals surface area contributed by atoms with Gasteiger partial charge in [0.15, 0.2) is 11.5 Å². The number of aliphatic hydroxyl groups is 1. The molecule has 1 saturated heterocycles. The van der Waals surface area contributed by atoms with Gasteiger partial charge < -0.3 is 24.2 Å². The lowest BCUT2D eigenvalue weighted by Crippen LogP contribution is -2.30. The van der Waals surface area contributed by atoms with E-state index in [9.17, 15) is 19.5 Å². The number of methoxy groups -OCH3 is 2. The van der Waals surface area contributed by atoms with Crippen LogP contribution in [0.1, 0.15) is 37.4 Å². The highest BCUT2D eigenvalue weighted by atomic mass is 16.5. The summed E-state index contributed by atoms with van der Waals surface area (Å²) in [5, 5.41) is 11.1. The molecule has 1 aliphatic rings. The Bertz CT molecular complexity index is 1090. The standard InChI is InChI=1S/C24H25NO7/c1-5-11-25-21(15-7-6-8-17(12-15)32-14(2)26)20(23(28)24(25)29)22(27)16-9-10-18(30-3)19(13-16)31-4/h6-10,12-13,21,27H,5,11H2,1-4H3/b22-20+. The highest BCUT2D eigenvalue weighted by Gasteiger charge is 2.45. The molecule has 1 amide bonds. The number of amides is 1. The smallest absolute Gasteiger partial charge is 0.308 e. The molecule has 8 nitrogen and oxygen atoms in total. The predicted molar refractivity (Wildman–Crippen MR) is 117 cm³/mol. The fourth-order valence-electron chi connectivity index (χ4n) is 3.75. The van der Waals surface area contributed by atoms with E-state index < -0.39 is 23.7 Å². The van der Waals surface area contributed by atoms with E-state index in [-0.39, 0.29) is 17.1 Å². The normalized spacial score (nSPS) is 17.4. The quantitative estimate of drug-likeness (QED) is 0.232. The molecule has 0 aliphatic carbocycles. The molecule has 2 aromatic carbocycles. The van der Waals surface area contributed by atoms with Crippen LogP contribution in [0.5, 0.6) is 17.2 Å². The topological polar surface area (TPSA) is 102 Å². The molecule has 168 valence electrons. The molecule has 0 spiro atoms. The van der Waals surface area contributed by atoms with Crippen LogP contribution >= 0.6 is 0 Å². The average molecular weight is 439 g/mol. The Labute approximate surface area is 186 Å². The molecule has 1 aliphatic heterocycles. The second-order valence-corrected chi connectivity index (χ2v) is 7.23. The van der Waals surface area contributed by atoms with Gasteiger partial charge in [0.05, 0.1) is 25.8 Å². The number of hydrogen-bond donors (Lipinski definition) is 1. The van der Waals surface area contributed by atoms with Crippen LogP contribution in [0.3, 0.4) is 0 Å². The summed E-state index contributed by atoms with van der Waals surface area (Å²) in [5.41, 5.74) is 0.798. The number of rotatable bonds is 7. The fourth-order valence-corrected chi connectivity index (χ4v) is 3.75. The molecule has 0 aromatic heterocycles. The average Bonchev–Trinajstić information content (AvgIpc) is 3.03. The summed E-state index contributed by atoms with van der Waals surface area (Å²) in [6, 6.07) is 10.5. The maximum atomic E-state index is 13.0. The van der Waals surface area contributed by atoms with E-state index in [1.807, 2.05) is 6.92 Å². The molecule has 0 bridgehead atoms. The van der Waals surface area contributed by atoms with Crippen molar-refractivity contribution in [3.05, 3.63) is 59.2 Å². The first kappa shape index (κ1) is 22.9. The SMILES string of the molecule is CCCN1C(=O)C(=O)/C(=C(/O)c2ccc(OC)c(OC)c2)C1c1cccc(OC(C)=O)c1. The highest BCUT2D eigenvalue weighted by molar-refractivity contribution is 6.46. The first-order chi connectivity index (χ1) is 15.3. The van der Waals surface area contributed by atoms with Crippen molar-refractivity contribution in [2.45, 2.75) is 26.3 Å². The van der Waals surface area contributed by atoms with E-state index in [2.05, 4.69) is 0 Å². The van der Waals surface area contributed by atoms with Gasteiger partial charge in [-0.15, -0.1) is 0 Å². The van der Waals surface area contributed by atoms with Crippen molar-refractivity contribution in [3.63, 3.8) is 0 Å². The van der Waals surface area contributed by atoms with Gasteiger partial charge in [-0.25, -0.2) is 0 Å². The number of esters is 1. The number of likely N-dealkylation sites (tertiary alicyclic amines) is 1. The molecule has 1 atom stereocenters. The van der Waals surface area contributed by atoms with Gasteiger partial charge in [0.25, 0.3) is 11.7 Å². The molecule has 32 heavy (non-hydrogen) atoms. The largest absolute Gasteiger partial charge is 0.507 e. The summed E-state index contributed by atoms with van der Waals surface area (Å²) < 4.78 is 15.7. The van der Waals surface area contributed by atoms with Crippen molar-refractivity contribution in [1.82, 2.24) is 4.90 Å². The van der Waals surface area contributed by atoms with Gasteiger partial charge in [0.1, 0.15) is 11.5 Å². The Morgan fingerprint density at radius 3 is 2.41 bits per heavy atom. The number of ketones is 1. The van der Waals surface area contributed by atoms with Gasteiger partial charge in [0.2, 0.25) is 0 Å². The third-order valence-corrected chi connectivity index (χ3v) is 5.10. The zero-order valence-corrected chi connectivity index (χ0v) is 18.4. The van der Waals surface area contributed by atoms with E-state index in [0.29, 0.717) is 35.6 Å². The molecule has 1 heterocycles. The van der Waals surface area contributed by atoms with Crippen molar-refractivity contribution < 1.29 is 33.7 Å². The molecular weight excluding hydrogens is 414 g/mol. The lowest BCUT2D eigenvalue weighted by molar-refractivity contribution is -0.139. The van der Waals surface area contributed by atoms with E-state index in [0.717, 1.165) is 0 Å². The zero-order chi connectivity index (χ0) is 23.4. The lowest BCUT2D eigenvalue weighted by atomic mass is 9.95. The summed E-state index contributed by atoms with van der Waals surface area (Å²) in [7, 11) is 2.95. The zero-order valence-electron chi connectivity index (χ0n) is 18.4. The van der Waals surface area contributed by atoms with E-state index in [1.54, 1.807) is 36.4 Å². The van der Waals surface area contributed by atoms with Gasteiger partial charge in [-0.2, -0.15) is 0 Å². The minimum Gasteiger partial charge on any atom is -0.507 e. The first-order valence-corrected chi connectivity index (χ1v) is 10.1. The maximum absolute atomic E-state index is 13.0. The molecule has 1 N–H and O–H groups in total. The number of aliphatic hydroxyl groups excluding tert-OH is 1. The molecule has 0 radical (unpaired) electrons. The number of nitrogens with zero attached hydrogens (tertiary/aromatic N) is 1. The van der Waals surface area contributed by atoms with Crippen LogP contribution in [0.2, 0.25) is 0 Å². The van der Waals surface area contributed by atoms with Crippen molar-refractivity contribution in [1.29, 1.82) is 0 Å². The van der Waals surface area contributed by atoms with E-state index >= 15 is 0 Å². The Morgan fingerprint density at radius 1 is 1.06 bits per heavy atom. The monoisotopic (exact) mass is 439 g/mol. The molecule has 2 aromatic rings. The molecule has 3 rings (SSSR count). The van der Waals surface area contributed by atoms with Crippen LogP contribution < -0.4 is 14.2 Å². The first-order valence-electron chi connectivity index (χ1n) is 10.1. The van der Waals surface area contributed by atoms with Crippen LogP contribution in [-0.4, -0.2) is 48.4 Å². The molecule has 1 fully saturated rings. The number of ether oxygens (including phenoxy) is 3. The number of hydrogen-bond acceptors (Lipinski definition) is 7. The van der Waals surface area contributed by atoms with E-state index in [4.69, 9.17) is 14.2 Å². The number of carbonyl (C=O) groups excluding carboxylic acids is 3. The van der Waals surface area contributed by atoms with Crippen molar-refractivity contribution in [2.75, 3.05) is 20.8 Å². The molecular formula is C24H25NO7. The summed E-state index contributed by atoms with van der Waals surface area (Å²) in [6.45, 7) is 3.49. The highest BCUT2D eigenvalue weighted by Crippen LogP contribution is 2.41. The van der Waals surface area contributed by atoms with Crippen LogP contribution in [0.4, 0.5) is 0 Å². The van der Waals surface area contributed by atoms with Crippen molar-refractivity contribution in [2.24, 2.45) is 0 Å². The van der Waals surface area contributed by atoms with Crippen molar-refractivity contribution >= 4 is 23.4 Å². The van der Waals surface area contributed by atoms with Crippen LogP contribution in [-0.2, 0) is 14.4 Å². The third kappa shape index (κ3) is 4.30. The maximum Gasteiger partial charge on any atom is 0.308 e. The summed E-state index contributed by atoms with van der Waals surface area (Å²) in [4.78, 5) is 38.6. The van der Waals surface area contributed by atoms with Crippen molar-refractivity contribution in [3.8, 4) is 17.2 Å². The molecule has 1 unspecified atom stereocenters.